The lowest BCUT2D eigenvalue weighted by Crippen LogP contribution is -2.46. The van der Waals surface area contributed by atoms with Crippen LogP contribution in [0.25, 0.3) is 0 Å². The van der Waals surface area contributed by atoms with Gasteiger partial charge in [0.1, 0.15) is 0 Å². The Morgan fingerprint density at radius 2 is 1.93 bits per heavy atom. The predicted molar refractivity (Wildman–Crippen MR) is 60.2 cm³/mol. The fourth-order valence-corrected chi connectivity index (χ4v) is 3.09. The molecule has 2 N–H and O–H groups in total. The van der Waals surface area contributed by atoms with Crippen molar-refractivity contribution in [1.82, 2.24) is 4.90 Å². The molecular formula is C12H24N2. The molecule has 2 aliphatic rings. The summed E-state index contributed by atoms with van der Waals surface area (Å²) in [4.78, 5) is 2.71. The Bertz CT molecular complexity index is 175. The Morgan fingerprint density at radius 1 is 1.21 bits per heavy atom. The lowest BCUT2D eigenvalue weighted by Gasteiger charge is -2.39. The smallest absolute Gasteiger partial charge is 0.00953 e. The summed E-state index contributed by atoms with van der Waals surface area (Å²) in [6, 6.07) is 0.900. The highest BCUT2D eigenvalue weighted by molar-refractivity contribution is 4.85. The van der Waals surface area contributed by atoms with E-state index >= 15 is 0 Å². The maximum absolute atomic E-state index is 5.83. The number of nitrogens with zero attached hydrogens (tertiary/aromatic N) is 1. The molecule has 14 heavy (non-hydrogen) atoms. The van der Waals surface area contributed by atoms with E-state index in [4.69, 9.17) is 5.73 Å². The van der Waals surface area contributed by atoms with Crippen molar-refractivity contribution < 1.29 is 0 Å². The molecule has 0 spiro atoms. The fourth-order valence-electron chi connectivity index (χ4n) is 3.09. The summed E-state index contributed by atoms with van der Waals surface area (Å²) in [6.07, 6.45) is 7.13. The summed E-state index contributed by atoms with van der Waals surface area (Å²) in [5, 5.41) is 0. The van der Waals surface area contributed by atoms with Gasteiger partial charge in [0.25, 0.3) is 0 Å². The van der Waals surface area contributed by atoms with Crippen molar-refractivity contribution in [1.29, 1.82) is 0 Å². The fraction of sp³-hybridized carbons (Fsp3) is 1.00. The Hall–Kier alpha value is -0.0800. The van der Waals surface area contributed by atoms with Gasteiger partial charge in [-0.05, 0) is 44.2 Å². The molecule has 2 unspecified atom stereocenters. The highest BCUT2D eigenvalue weighted by Gasteiger charge is 2.30. The molecule has 1 aliphatic heterocycles. The van der Waals surface area contributed by atoms with Crippen LogP contribution in [0.15, 0.2) is 0 Å². The minimum Gasteiger partial charge on any atom is -0.330 e. The Kier molecular flexibility index (Phi) is 3.45. The quantitative estimate of drug-likeness (QED) is 0.730. The van der Waals surface area contributed by atoms with Crippen molar-refractivity contribution in [2.75, 3.05) is 19.6 Å². The van der Waals surface area contributed by atoms with Crippen molar-refractivity contribution in [2.45, 2.75) is 45.1 Å². The molecule has 1 saturated heterocycles. The van der Waals surface area contributed by atoms with Crippen molar-refractivity contribution >= 4 is 0 Å². The van der Waals surface area contributed by atoms with Crippen LogP contribution in [0.3, 0.4) is 0 Å². The van der Waals surface area contributed by atoms with E-state index in [1.54, 1.807) is 0 Å². The van der Waals surface area contributed by atoms with E-state index in [2.05, 4.69) is 11.8 Å². The third-order valence-corrected chi connectivity index (χ3v) is 4.29. The standard InChI is InChI=1S/C12H24N2/c1-10-6-7-14(9-11(10)8-13)12-4-2-3-5-12/h10-12H,2-9,13H2,1H3. The molecule has 2 rings (SSSR count). The van der Waals surface area contributed by atoms with Crippen LogP contribution >= 0.6 is 0 Å². The monoisotopic (exact) mass is 196 g/mol. The number of likely N-dealkylation sites (tertiary alicyclic amines) is 1. The highest BCUT2D eigenvalue weighted by atomic mass is 15.2. The maximum Gasteiger partial charge on any atom is 0.00953 e. The Balaban J connectivity index is 1.88. The van der Waals surface area contributed by atoms with E-state index in [1.165, 1.54) is 45.2 Å². The largest absolute Gasteiger partial charge is 0.330 e. The van der Waals surface area contributed by atoms with Gasteiger partial charge in [-0.1, -0.05) is 19.8 Å². The minimum atomic E-state index is 0.754. The van der Waals surface area contributed by atoms with Gasteiger partial charge >= 0.3 is 0 Å². The molecule has 2 nitrogen and oxygen atoms in total. The summed E-state index contributed by atoms with van der Waals surface area (Å²) < 4.78 is 0. The SMILES string of the molecule is CC1CCN(C2CCCC2)CC1CN. The van der Waals surface area contributed by atoms with E-state index in [0.29, 0.717) is 0 Å². The highest BCUT2D eigenvalue weighted by Crippen LogP contribution is 2.29. The molecule has 82 valence electrons. The number of piperidine rings is 1. The van der Waals surface area contributed by atoms with E-state index in [0.717, 1.165) is 24.4 Å². The van der Waals surface area contributed by atoms with E-state index < -0.39 is 0 Å². The first-order valence-electron chi connectivity index (χ1n) is 6.25. The van der Waals surface area contributed by atoms with Crippen LogP contribution < -0.4 is 5.73 Å². The van der Waals surface area contributed by atoms with Gasteiger partial charge in [-0.25, -0.2) is 0 Å². The molecule has 0 bridgehead atoms. The molecule has 1 heterocycles. The van der Waals surface area contributed by atoms with Crippen molar-refractivity contribution in [3.05, 3.63) is 0 Å². The number of rotatable bonds is 2. The first kappa shape index (κ1) is 10.4. The van der Waals surface area contributed by atoms with E-state index in [-0.39, 0.29) is 0 Å². The second-order valence-electron chi connectivity index (χ2n) is 5.19. The second kappa shape index (κ2) is 4.63. The summed E-state index contributed by atoms with van der Waals surface area (Å²) >= 11 is 0. The molecule has 1 aliphatic carbocycles. The van der Waals surface area contributed by atoms with Gasteiger partial charge in [0.15, 0.2) is 0 Å². The van der Waals surface area contributed by atoms with Gasteiger partial charge in [0.05, 0.1) is 0 Å². The van der Waals surface area contributed by atoms with Crippen molar-refractivity contribution in [2.24, 2.45) is 17.6 Å². The average Bonchev–Trinajstić information content (AvgIpc) is 2.71. The third kappa shape index (κ3) is 2.12. The number of nitrogens with two attached hydrogens (primary N) is 1. The second-order valence-corrected chi connectivity index (χ2v) is 5.19. The molecule has 0 aromatic rings. The minimum absolute atomic E-state index is 0.754. The maximum atomic E-state index is 5.83. The van der Waals surface area contributed by atoms with Crippen LogP contribution in [0.2, 0.25) is 0 Å². The molecule has 0 aromatic heterocycles. The lowest BCUT2D eigenvalue weighted by atomic mass is 9.86. The molecule has 2 fully saturated rings. The number of hydrogen-bond acceptors (Lipinski definition) is 2. The van der Waals surface area contributed by atoms with E-state index in [9.17, 15) is 0 Å². The molecule has 2 heteroatoms. The first-order chi connectivity index (χ1) is 6.81. The van der Waals surface area contributed by atoms with Gasteiger partial charge in [0.2, 0.25) is 0 Å². The molecule has 1 saturated carbocycles. The van der Waals surface area contributed by atoms with Gasteiger partial charge < -0.3 is 10.6 Å². The molecule has 0 aromatic carbocycles. The van der Waals surface area contributed by atoms with Crippen LogP contribution in [0.5, 0.6) is 0 Å². The van der Waals surface area contributed by atoms with Gasteiger partial charge in [-0.3, -0.25) is 0 Å². The molecular weight excluding hydrogens is 172 g/mol. The van der Waals surface area contributed by atoms with Crippen LogP contribution in [0, 0.1) is 11.8 Å². The summed E-state index contributed by atoms with van der Waals surface area (Å²) in [6.45, 7) is 5.83. The van der Waals surface area contributed by atoms with Crippen LogP contribution in [-0.4, -0.2) is 30.6 Å². The predicted octanol–water partition coefficient (Wildman–Crippen LogP) is 1.85. The Labute approximate surface area is 87.8 Å². The molecule has 0 radical (unpaired) electrons. The van der Waals surface area contributed by atoms with Crippen LogP contribution in [0.4, 0.5) is 0 Å². The van der Waals surface area contributed by atoms with Crippen LogP contribution in [-0.2, 0) is 0 Å². The van der Waals surface area contributed by atoms with Gasteiger partial charge in [-0.2, -0.15) is 0 Å². The number of hydrogen-bond donors (Lipinski definition) is 1. The summed E-state index contributed by atoms with van der Waals surface area (Å²) in [5.41, 5.74) is 5.83. The van der Waals surface area contributed by atoms with Crippen molar-refractivity contribution in [3.63, 3.8) is 0 Å². The van der Waals surface area contributed by atoms with Crippen molar-refractivity contribution in [3.8, 4) is 0 Å². The zero-order valence-corrected chi connectivity index (χ0v) is 9.41. The van der Waals surface area contributed by atoms with E-state index in [1.807, 2.05) is 0 Å². The average molecular weight is 196 g/mol. The first-order valence-corrected chi connectivity index (χ1v) is 6.25. The lowest BCUT2D eigenvalue weighted by molar-refractivity contribution is 0.0931. The van der Waals surface area contributed by atoms with Gasteiger partial charge in [0, 0.05) is 12.6 Å². The zero-order valence-electron chi connectivity index (χ0n) is 9.41. The topological polar surface area (TPSA) is 29.3 Å². The normalized spacial score (nSPS) is 36.4. The molecule has 2 atom stereocenters. The molecule has 0 amide bonds. The summed E-state index contributed by atoms with van der Waals surface area (Å²) in [5.74, 6) is 1.60. The van der Waals surface area contributed by atoms with Crippen LogP contribution in [0.1, 0.15) is 39.0 Å². The Morgan fingerprint density at radius 3 is 2.57 bits per heavy atom. The summed E-state index contributed by atoms with van der Waals surface area (Å²) in [7, 11) is 0. The third-order valence-electron chi connectivity index (χ3n) is 4.29. The zero-order chi connectivity index (χ0) is 9.97. The van der Waals surface area contributed by atoms with Gasteiger partial charge in [-0.15, -0.1) is 0 Å².